The molecule has 7 heteroatoms. The van der Waals surface area contributed by atoms with Crippen LogP contribution in [0.3, 0.4) is 0 Å². The number of nitrogens with one attached hydrogen (secondary N) is 3. The van der Waals surface area contributed by atoms with Crippen LogP contribution in [-0.4, -0.2) is 42.6 Å². The lowest BCUT2D eigenvalue weighted by molar-refractivity contribution is -0.135. The van der Waals surface area contributed by atoms with Crippen LogP contribution in [0.1, 0.15) is 13.3 Å². The maximum atomic E-state index is 11.0. The molecule has 0 aliphatic heterocycles. The van der Waals surface area contributed by atoms with Crippen LogP contribution in [0, 0.1) is 0 Å². The molecule has 0 aromatic rings. The molecule has 0 radical (unpaired) electrons. The molecule has 0 heterocycles. The third kappa shape index (κ3) is 8.54. The van der Waals surface area contributed by atoms with Crippen LogP contribution in [0.25, 0.3) is 0 Å². The summed E-state index contributed by atoms with van der Waals surface area (Å²) in [5, 5.41) is 15.1. The Balaban J connectivity index is 3.53. The first-order valence-corrected chi connectivity index (χ1v) is 4.56. The van der Waals surface area contributed by atoms with Crippen LogP contribution in [0.2, 0.25) is 0 Å². The van der Waals surface area contributed by atoms with Crippen molar-refractivity contribution < 1.29 is 19.5 Å². The van der Waals surface area contributed by atoms with Gasteiger partial charge in [-0.1, -0.05) is 6.92 Å². The number of carbonyl (C=O) groups excluding carboxylic acids is 2. The van der Waals surface area contributed by atoms with Crippen molar-refractivity contribution in [2.45, 2.75) is 13.3 Å². The van der Waals surface area contributed by atoms with Crippen LogP contribution in [-0.2, 0) is 9.59 Å². The monoisotopic (exact) mass is 217 g/mol. The quantitative estimate of drug-likeness (QED) is 0.452. The highest BCUT2D eigenvalue weighted by Gasteiger charge is 2.05. The lowest BCUT2D eigenvalue weighted by atomic mass is 10.4. The molecule has 0 spiro atoms. The zero-order valence-electron chi connectivity index (χ0n) is 8.50. The molecular formula is C8H15N3O4. The molecular weight excluding hydrogens is 202 g/mol. The number of amides is 3. The van der Waals surface area contributed by atoms with Crippen molar-refractivity contribution in [3.8, 4) is 0 Å². The molecule has 0 rings (SSSR count). The molecule has 0 unspecified atom stereocenters. The SMILES string of the molecule is CCCNC(=O)CNC(=O)NCC(=O)O. The normalized spacial score (nSPS) is 9.13. The lowest BCUT2D eigenvalue weighted by Crippen LogP contribution is -2.43. The number of hydrogen-bond acceptors (Lipinski definition) is 3. The predicted molar refractivity (Wildman–Crippen MR) is 52.3 cm³/mol. The van der Waals surface area contributed by atoms with E-state index in [1.165, 1.54) is 0 Å². The predicted octanol–water partition coefficient (Wildman–Crippen LogP) is -1.10. The maximum Gasteiger partial charge on any atom is 0.323 e. The standard InChI is InChI=1S/C8H15N3O4/c1-2-3-9-6(12)4-10-8(15)11-5-7(13)14/h2-5H2,1H3,(H,9,12)(H,13,14)(H2,10,11,15). The van der Waals surface area contributed by atoms with E-state index in [2.05, 4.69) is 16.0 Å². The van der Waals surface area contributed by atoms with Gasteiger partial charge in [0.1, 0.15) is 6.54 Å². The summed E-state index contributed by atoms with van der Waals surface area (Å²) >= 11 is 0. The zero-order chi connectivity index (χ0) is 11.7. The molecule has 0 saturated carbocycles. The summed E-state index contributed by atoms with van der Waals surface area (Å²) < 4.78 is 0. The van der Waals surface area contributed by atoms with E-state index in [-0.39, 0.29) is 12.5 Å². The highest BCUT2D eigenvalue weighted by atomic mass is 16.4. The molecule has 0 aromatic heterocycles. The second-order valence-electron chi connectivity index (χ2n) is 2.78. The van der Waals surface area contributed by atoms with E-state index in [4.69, 9.17) is 5.11 Å². The second-order valence-corrected chi connectivity index (χ2v) is 2.78. The Morgan fingerprint density at radius 1 is 1.07 bits per heavy atom. The smallest absolute Gasteiger partial charge is 0.323 e. The molecule has 3 amide bonds. The van der Waals surface area contributed by atoms with E-state index < -0.39 is 18.5 Å². The summed E-state index contributed by atoms with van der Waals surface area (Å²) in [5.41, 5.74) is 0. The van der Waals surface area contributed by atoms with Crippen LogP contribution in [0.4, 0.5) is 4.79 Å². The Morgan fingerprint density at radius 3 is 2.20 bits per heavy atom. The fourth-order valence-electron chi connectivity index (χ4n) is 0.706. The first-order valence-electron chi connectivity index (χ1n) is 4.56. The van der Waals surface area contributed by atoms with Gasteiger partial charge in [-0.15, -0.1) is 0 Å². The largest absolute Gasteiger partial charge is 0.480 e. The highest BCUT2D eigenvalue weighted by molar-refractivity contribution is 5.85. The summed E-state index contributed by atoms with van der Waals surface area (Å²) in [6.45, 7) is 1.83. The second kappa shape index (κ2) is 7.60. The molecule has 0 bridgehead atoms. The molecule has 0 fully saturated rings. The van der Waals surface area contributed by atoms with Gasteiger partial charge in [-0.3, -0.25) is 9.59 Å². The summed E-state index contributed by atoms with van der Waals surface area (Å²) in [4.78, 5) is 31.9. The van der Waals surface area contributed by atoms with Gasteiger partial charge in [-0.2, -0.15) is 0 Å². The Labute approximate surface area is 87.2 Å². The highest BCUT2D eigenvalue weighted by Crippen LogP contribution is 1.71. The minimum Gasteiger partial charge on any atom is -0.480 e. The van der Waals surface area contributed by atoms with Gasteiger partial charge in [0.05, 0.1) is 6.54 Å². The number of carboxylic acids is 1. The van der Waals surface area contributed by atoms with Gasteiger partial charge < -0.3 is 21.1 Å². The third-order valence-corrected chi connectivity index (χ3v) is 1.38. The van der Waals surface area contributed by atoms with Gasteiger partial charge >= 0.3 is 12.0 Å². The van der Waals surface area contributed by atoms with Crippen LogP contribution in [0.15, 0.2) is 0 Å². The molecule has 86 valence electrons. The van der Waals surface area contributed by atoms with Crippen molar-refractivity contribution in [1.82, 2.24) is 16.0 Å². The zero-order valence-corrected chi connectivity index (χ0v) is 8.50. The average Bonchev–Trinajstić information content (AvgIpc) is 2.20. The van der Waals surface area contributed by atoms with E-state index in [1.54, 1.807) is 0 Å². The molecule has 0 aliphatic rings. The van der Waals surface area contributed by atoms with Crippen molar-refractivity contribution in [2.75, 3.05) is 19.6 Å². The molecule has 0 saturated heterocycles. The Morgan fingerprint density at radius 2 is 1.67 bits per heavy atom. The fourth-order valence-corrected chi connectivity index (χ4v) is 0.706. The van der Waals surface area contributed by atoms with E-state index in [0.29, 0.717) is 6.54 Å². The summed E-state index contributed by atoms with van der Waals surface area (Å²) in [5.74, 6) is -1.44. The van der Waals surface area contributed by atoms with Crippen molar-refractivity contribution in [1.29, 1.82) is 0 Å². The Hall–Kier alpha value is -1.79. The van der Waals surface area contributed by atoms with Crippen molar-refractivity contribution in [3.63, 3.8) is 0 Å². The number of urea groups is 1. The van der Waals surface area contributed by atoms with Crippen molar-refractivity contribution in [3.05, 3.63) is 0 Å². The van der Waals surface area contributed by atoms with E-state index >= 15 is 0 Å². The molecule has 0 aliphatic carbocycles. The van der Waals surface area contributed by atoms with Crippen LogP contribution in [0.5, 0.6) is 0 Å². The number of carbonyl (C=O) groups is 3. The average molecular weight is 217 g/mol. The maximum absolute atomic E-state index is 11.0. The van der Waals surface area contributed by atoms with Gasteiger partial charge in [-0.05, 0) is 6.42 Å². The number of carboxylic acid groups (broad SMARTS) is 1. The molecule has 0 atom stereocenters. The molecule has 7 nitrogen and oxygen atoms in total. The van der Waals surface area contributed by atoms with Gasteiger partial charge in [0.25, 0.3) is 0 Å². The minimum absolute atomic E-state index is 0.161. The number of rotatable bonds is 6. The van der Waals surface area contributed by atoms with E-state index in [0.717, 1.165) is 6.42 Å². The van der Waals surface area contributed by atoms with Crippen LogP contribution < -0.4 is 16.0 Å². The van der Waals surface area contributed by atoms with E-state index in [1.807, 2.05) is 6.92 Å². The van der Waals surface area contributed by atoms with Crippen molar-refractivity contribution >= 4 is 17.9 Å². The topological polar surface area (TPSA) is 108 Å². The van der Waals surface area contributed by atoms with Crippen LogP contribution >= 0.6 is 0 Å². The molecule has 0 aromatic carbocycles. The molecule has 4 N–H and O–H groups in total. The first kappa shape index (κ1) is 13.2. The molecule has 15 heavy (non-hydrogen) atoms. The van der Waals surface area contributed by atoms with Gasteiger partial charge in [0.2, 0.25) is 5.91 Å². The van der Waals surface area contributed by atoms with E-state index in [9.17, 15) is 14.4 Å². The van der Waals surface area contributed by atoms with Gasteiger partial charge in [0.15, 0.2) is 0 Å². The fraction of sp³-hybridized carbons (Fsp3) is 0.625. The lowest BCUT2D eigenvalue weighted by Gasteiger charge is -2.06. The summed E-state index contributed by atoms with van der Waals surface area (Å²) in [6.07, 6.45) is 0.816. The third-order valence-electron chi connectivity index (χ3n) is 1.38. The summed E-state index contributed by atoms with van der Waals surface area (Å²) in [7, 11) is 0. The first-order chi connectivity index (χ1) is 7.06. The number of aliphatic carboxylic acids is 1. The Kier molecular flexibility index (Phi) is 6.69. The van der Waals surface area contributed by atoms with Crippen molar-refractivity contribution in [2.24, 2.45) is 0 Å². The Bertz CT molecular complexity index is 242. The summed E-state index contributed by atoms with van der Waals surface area (Å²) in [6, 6.07) is -0.677. The van der Waals surface area contributed by atoms with Gasteiger partial charge in [-0.25, -0.2) is 4.79 Å². The minimum atomic E-state index is -1.14. The van der Waals surface area contributed by atoms with Gasteiger partial charge in [0, 0.05) is 6.54 Å². The number of hydrogen-bond donors (Lipinski definition) is 4.